The summed E-state index contributed by atoms with van der Waals surface area (Å²) in [4.78, 5) is 26.1. The highest BCUT2D eigenvalue weighted by Gasteiger charge is 2.24. The molecule has 3 heterocycles. The molecule has 7 nitrogen and oxygen atoms in total. The van der Waals surface area contributed by atoms with E-state index in [1.807, 2.05) is 36.9 Å². The molecule has 0 saturated carbocycles. The number of rotatable bonds is 5. The molecule has 4 rings (SSSR count). The molecule has 0 N–H and O–H groups in total. The van der Waals surface area contributed by atoms with Crippen LogP contribution in [0.15, 0.2) is 42.6 Å². The number of benzene rings is 1. The summed E-state index contributed by atoms with van der Waals surface area (Å²) in [6, 6.07) is 10.7. The first-order valence-electron chi connectivity index (χ1n) is 10.6. The number of nitrogens with zero attached hydrogens (tertiary/aromatic N) is 6. The van der Waals surface area contributed by atoms with Crippen molar-refractivity contribution in [1.29, 1.82) is 0 Å². The van der Waals surface area contributed by atoms with Crippen LogP contribution in [0.2, 0.25) is 0 Å². The van der Waals surface area contributed by atoms with E-state index in [-0.39, 0.29) is 24.2 Å². The van der Waals surface area contributed by atoms with E-state index in [0.717, 1.165) is 30.3 Å². The van der Waals surface area contributed by atoms with Crippen LogP contribution in [-0.2, 0) is 11.3 Å². The minimum atomic E-state index is -0.257. The Morgan fingerprint density at radius 2 is 1.90 bits per heavy atom. The standard InChI is InChI=1S/C23H27FN6O/c1-16(2)23-26-22(18-7-8-19(24)17(3)14-18)27-30(23)15-21(31)29-12-10-28(11-13-29)20-6-4-5-9-25-20/h4-9,14,16H,10-13,15H2,1-3H3. The largest absolute Gasteiger partial charge is 0.353 e. The zero-order chi connectivity index (χ0) is 22.0. The average molecular weight is 423 g/mol. The van der Waals surface area contributed by atoms with Gasteiger partial charge in [0.05, 0.1) is 0 Å². The van der Waals surface area contributed by atoms with Gasteiger partial charge in [0.25, 0.3) is 0 Å². The van der Waals surface area contributed by atoms with Crippen molar-refractivity contribution in [1.82, 2.24) is 24.6 Å². The molecule has 1 fully saturated rings. The lowest BCUT2D eigenvalue weighted by atomic mass is 10.1. The van der Waals surface area contributed by atoms with Crippen LogP contribution in [0.25, 0.3) is 11.4 Å². The smallest absolute Gasteiger partial charge is 0.244 e. The molecule has 8 heteroatoms. The number of aromatic nitrogens is 4. The summed E-state index contributed by atoms with van der Waals surface area (Å²) in [6.45, 7) is 8.69. The highest BCUT2D eigenvalue weighted by atomic mass is 19.1. The summed E-state index contributed by atoms with van der Waals surface area (Å²) in [5.74, 6) is 2.07. The lowest BCUT2D eigenvalue weighted by molar-refractivity contribution is -0.132. The number of carbonyl (C=O) groups excluding carboxylic acids is 1. The first-order valence-corrected chi connectivity index (χ1v) is 10.6. The van der Waals surface area contributed by atoms with Crippen LogP contribution in [0.4, 0.5) is 10.2 Å². The van der Waals surface area contributed by atoms with Gasteiger partial charge >= 0.3 is 0 Å². The van der Waals surface area contributed by atoms with Gasteiger partial charge in [0.15, 0.2) is 5.82 Å². The maximum atomic E-state index is 13.6. The van der Waals surface area contributed by atoms with E-state index in [2.05, 4.69) is 20.0 Å². The number of pyridine rings is 1. The zero-order valence-electron chi connectivity index (χ0n) is 18.1. The third-order valence-corrected chi connectivity index (χ3v) is 5.52. The van der Waals surface area contributed by atoms with E-state index >= 15 is 0 Å². The number of halogens is 1. The van der Waals surface area contributed by atoms with Crippen molar-refractivity contribution >= 4 is 11.7 Å². The molecule has 1 saturated heterocycles. The summed E-state index contributed by atoms with van der Waals surface area (Å²) in [5.41, 5.74) is 1.29. The minimum Gasteiger partial charge on any atom is -0.353 e. The molecule has 0 unspecified atom stereocenters. The van der Waals surface area contributed by atoms with E-state index in [4.69, 9.17) is 0 Å². The van der Waals surface area contributed by atoms with E-state index in [0.29, 0.717) is 24.5 Å². The van der Waals surface area contributed by atoms with Crippen molar-refractivity contribution in [2.24, 2.45) is 0 Å². The fourth-order valence-corrected chi connectivity index (χ4v) is 3.76. The van der Waals surface area contributed by atoms with Crippen molar-refractivity contribution < 1.29 is 9.18 Å². The Morgan fingerprint density at radius 3 is 2.55 bits per heavy atom. The van der Waals surface area contributed by atoms with Crippen LogP contribution in [0.5, 0.6) is 0 Å². The number of anilines is 1. The number of amides is 1. The molecule has 31 heavy (non-hydrogen) atoms. The molecule has 1 aromatic carbocycles. The molecular weight excluding hydrogens is 395 g/mol. The van der Waals surface area contributed by atoms with Gasteiger partial charge in [-0.3, -0.25) is 4.79 Å². The summed E-state index contributed by atoms with van der Waals surface area (Å²) >= 11 is 0. The third kappa shape index (κ3) is 4.57. The van der Waals surface area contributed by atoms with Gasteiger partial charge in [0.1, 0.15) is 24.0 Å². The molecule has 1 aliphatic rings. The average Bonchev–Trinajstić information content (AvgIpc) is 3.20. The Morgan fingerprint density at radius 1 is 1.13 bits per heavy atom. The van der Waals surface area contributed by atoms with Crippen molar-refractivity contribution in [3.05, 3.63) is 59.8 Å². The quantitative estimate of drug-likeness (QED) is 0.631. The van der Waals surface area contributed by atoms with E-state index in [1.165, 1.54) is 6.07 Å². The fraction of sp³-hybridized carbons (Fsp3) is 0.391. The van der Waals surface area contributed by atoms with E-state index < -0.39 is 0 Å². The highest BCUT2D eigenvalue weighted by molar-refractivity contribution is 5.76. The second-order valence-electron chi connectivity index (χ2n) is 8.13. The monoisotopic (exact) mass is 422 g/mol. The van der Waals surface area contributed by atoms with Crippen LogP contribution >= 0.6 is 0 Å². The predicted molar refractivity (Wildman–Crippen MR) is 117 cm³/mol. The van der Waals surface area contributed by atoms with Gasteiger partial charge in [-0.1, -0.05) is 19.9 Å². The topological polar surface area (TPSA) is 67.2 Å². The third-order valence-electron chi connectivity index (χ3n) is 5.52. The highest BCUT2D eigenvalue weighted by Crippen LogP contribution is 2.22. The Labute approximate surface area is 181 Å². The van der Waals surface area contributed by atoms with Crippen molar-refractivity contribution in [2.45, 2.75) is 33.2 Å². The molecule has 0 atom stereocenters. The first kappa shape index (κ1) is 21.0. The molecule has 0 spiro atoms. The predicted octanol–water partition coefficient (Wildman–Crippen LogP) is 3.26. The number of carbonyl (C=O) groups is 1. The van der Waals surface area contributed by atoms with Crippen LogP contribution in [0.1, 0.15) is 31.2 Å². The molecule has 0 bridgehead atoms. The number of aryl methyl sites for hydroxylation is 1. The summed E-state index contributed by atoms with van der Waals surface area (Å²) in [6.07, 6.45) is 1.78. The number of hydrogen-bond acceptors (Lipinski definition) is 5. The molecule has 3 aromatic rings. The van der Waals surface area contributed by atoms with Gasteiger partial charge in [-0.2, -0.15) is 5.10 Å². The Kier molecular flexibility index (Phi) is 5.97. The van der Waals surface area contributed by atoms with Gasteiger partial charge in [-0.15, -0.1) is 0 Å². The normalized spacial score (nSPS) is 14.4. The van der Waals surface area contributed by atoms with Gasteiger partial charge in [0.2, 0.25) is 5.91 Å². The SMILES string of the molecule is Cc1cc(-c2nc(C(C)C)n(CC(=O)N3CCN(c4ccccn4)CC3)n2)ccc1F. The molecule has 2 aromatic heterocycles. The van der Waals surface area contributed by atoms with Crippen molar-refractivity contribution in [3.63, 3.8) is 0 Å². The Balaban J connectivity index is 1.46. The van der Waals surface area contributed by atoms with Gasteiger partial charge in [0, 0.05) is 43.9 Å². The number of piperazine rings is 1. The lowest BCUT2D eigenvalue weighted by Gasteiger charge is -2.35. The molecular formula is C23H27FN6O. The van der Waals surface area contributed by atoms with Gasteiger partial charge < -0.3 is 9.80 Å². The molecule has 1 amide bonds. The van der Waals surface area contributed by atoms with Crippen molar-refractivity contribution in [3.8, 4) is 11.4 Å². The second kappa shape index (κ2) is 8.83. The van der Waals surface area contributed by atoms with Crippen LogP contribution in [-0.4, -0.2) is 56.7 Å². The summed E-state index contributed by atoms with van der Waals surface area (Å²) < 4.78 is 15.3. The molecule has 0 radical (unpaired) electrons. The van der Waals surface area contributed by atoms with E-state index in [1.54, 1.807) is 29.9 Å². The first-order chi connectivity index (χ1) is 14.9. The Bertz CT molecular complexity index is 1060. The van der Waals surface area contributed by atoms with Crippen LogP contribution in [0, 0.1) is 12.7 Å². The second-order valence-corrected chi connectivity index (χ2v) is 8.13. The zero-order valence-corrected chi connectivity index (χ0v) is 18.1. The molecule has 1 aliphatic heterocycles. The Hall–Kier alpha value is -3.29. The van der Waals surface area contributed by atoms with E-state index in [9.17, 15) is 9.18 Å². The van der Waals surface area contributed by atoms with Crippen LogP contribution in [0.3, 0.4) is 0 Å². The molecule has 162 valence electrons. The maximum Gasteiger partial charge on any atom is 0.244 e. The minimum absolute atomic E-state index is 0.0225. The summed E-state index contributed by atoms with van der Waals surface area (Å²) in [7, 11) is 0. The molecule has 0 aliphatic carbocycles. The van der Waals surface area contributed by atoms with Gasteiger partial charge in [-0.05, 0) is 42.8 Å². The number of hydrogen-bond donors (Lipinski definition) is 0. The van der Waals surface area contributed by atoms with Crippen molar-refractivity contribution in [2.75, 3.05) is 31.1 Å². The lowest BCUT2D eigenvalue weighted by Crippen LogP contribution is -2.50. The fourth-order valence-electron chi connectivity index (χ4n) is 3.76. The summed E-state index contributed by atoms with van der Waals surface area (Å²) in [5, 5.41) is 4.59. The maximum absolute atomic E-state index is 13.6. The van der Waals surface area contributed by atoms with Gasteiger partial charge in [-0.25, -0.2) is 19.0 Å². The van der Waals surface area contributed by atoms with Crippen LogP contribution < -0.4 is 4.90 Å².